The number of hydrogen-bond acceptors (Lipinski definition) is 4. The number of nitrogens with two attached hydrogens (primary N) is 1. The molecular formula is C13H26ClN3O3. The minimum atomic E-state index is -0.614. The van der Waals surface area contributed by atoms with Crippen molar-refractivity contribution < 1.29 is 14.3 Å². The second-order valence-electron chi connectivity index (χ2n) is 5.22. The number of carbonyl (C=O) groups excluding carboxylic acids is 2. The smallest absolute Gasteiger partial charge is 0.241 e. The summed E-state index contributed by atoms with van der Waals surface area (Å²) in [6.07, 6.45) is 0.796. The summed E-state index contributed by atoms with van der Waals surface area (Å²) < 4.78 is 4.90. The Hall–Kier alpha value is -0.850. The SMILES string of the molecule is COCC(N)C(=O)N1CCCN(C(=O)C(C)C)CC1.Cl. The quantitative estimate of drug-likeness (QED) is 0.799. The second kappa shape index (κ2) is 9.15. The first-order valence-electron chi connectivity index (χ1n) is 6.79. The molecule has 0 aliphatic carbocycles. The Bertz CT molecular complexity index is 326. The molecule has 1 atom stereocenters. The molecule has 0 aromatic heterocycles. The van der Waals surface area contributed by atoms with Gasteiger partial charge in [-0.25, -0.2) is 0 Å². The molecule has 1 saturated heterocycles. The molecule has 1 unspecified atom stereocenters. The first kappa shape index (κ1) is 19.1. The normalized spacial score (nSPS) is 17.4. The van der Waals surface area contributed by atoms with Crippen molar-refractivity contribution in [2.75, 3.05) is 39.9 Å². The van der Waals surface area contributed by atoms with Gasteiger partial charge in [-0.1, -0.05) is 13.8 Å². The average Bonchev–Trinajstić information content (AvgIpc) is 2.62. The van der Waals surface area contributed by atoms with Crippen LogP contribution in [0.5, 0.6) is 0 Å². The number of rotatable bonds is 4. The van der Waals surface area contributed by atoms with E-state index in [4.69, 9.17) is 10.5 Å². The third kappa shape index (κ3) is 5.26. The van der Waals surface area contributed by atoms with E-state index in [9.17, 15) is 9.59 Å². The van der Waals surface area contributed by atoms with Crippen LogP contribution in [0.1, 0.15) is 20.3 Å². The van der Waals surface area contributed by atoms with Crippen LogP contribution < -0.4 is 5.73 Å². The van der Waals surface area contributed by atoms with Crippen LogP contribution in [0.3, 0.4) is 0 Å². The van der Waals surface area contributed by atoms with E-state index in [0.29, 0.717) is 26.2 Å². The van der Waals surface area contributed by atoms with Gasteiger partial charge in [-0.15, -0.1) is 12.4 Å². The van der Waals surface area contributed by atoms with Crippen LogP contribution in [0.15, 0.2) is 0 Å². The van der Waals surface area contributed by atoms with Crippen molar-refractivity contribution in [2.24, 2.45) is 11.7 Å². The Morgan fingerprint density at radius 3 is 2.05 bits per heavy atom. The topological polar surface area (TPSA) is 75.9 Å². The number of halogens is 1. The van der Waals surface area contributed by atoms with E-state index in [0.717, 1.165) is 6.42 Å². The average molecular weight is 308 g/mol. The van der Waals surface area contributed by atoms with Gasteiger partial charge >= 0.3 is 0 Å². The highest BCUT2D eigenvalue weighted by Crippen LogP contribution is 2.08. The predicted octanol–water partition coefficient (Wildman–Crippen LogP) is 0.0988. The summed E-state index contributed by atoms with van der Waals surface area (Å²) in [5.41, 5.74) is 5.76. The summed E-state index contributed by atoms with van der Waals surface area (Å²) in [6, 6.07) is -0.614. The maximum absolute atomic E-state index is 12.1. The van der Waals surface area contributed by atoms with E-state index in [1.165, 1.54) is 7.11 Å². The molecule has 118 valence electrons. The Balaban J connectivity index is 0.00000361. The van der Waals surface area contributed by atoms with Gasteiger partial charge < -0.3 is 20.3 Å². The fraction of sp³-hybridized carbons (Fsp3) is 0.846. The van der Waals surface area contributed by atoms with Gasteiger partial charge in [-0.2, -0.15) is 0 Å². The maximum atomic E-state index is 12.1. The van der Waals surface area contributed by atoms with E-state index >= 15 is 0 Å². The number of amides is 2. The molecule has 0 radical (unpaired) electrons. The Labute approximate surface area is 127 Å². The van der Waals surface area contributed by atoms with Crippen LogP contribution in [0.4, 0.5) is 0 Å². The molecule has 6 nitrogen and oxygen atoms in total. The summed E-state index contributed by atoms with van der Waals surface area (Å²) in [5.74, 6) is 0.0502. The molecule has 0 saturated carbocycles. The van der Waals surface area contributed by atoms with Crippen LogP contribution in [-0.2, 0) is 14.3 Å². The van der Waals surface area contributed by atoms with E-state index in [2.05, 4.69) is 0 Å². The van der Waals surface area contributed by atoms with Gasteiger partial charge in [-0.3, -0.25) is 9.59 Å². The molecule has 1 rings (SSSR count). The lowest BCUT2D eigenvalue weighted by Gasteiger charge is -2.25. The molecule has 7 heteroatoms. The Kier molecular flexibility index (Phi) is 8.76. The lowest BCUT2D eigenvalue weighted by Crippen LogP contribution is -2.47. The number of hydrogen-bond donors (Lipinski definition) is 1. The molecule has 0 aromatic rings. The number of methoxy groups -OCH3 is 1. The molecule has 0 spiro atoms. The minimum absolute atomic E-state index is 0. The predicted molar refractivity (Wildman–Crippen MR) is 79.7 cm³/mol. The van der Waals surface area contributed by atoms with Gasteiger partial charge in [0, 0.05) is 39.2 Å². The van der Waals surface area contributed by atoms with Gasteiger partial charge in [0.25, 0.3) is 0 Å². The number of carbonyl (C=O) groups is 2. The fourth-order valence-electron chi connectivity index (χ4n) is 2.21. The highest BCUT2D eigenvalue weighted by molar-refractivity contribution is 5.85. The first-order valence-corrected chi connectivity index (χ1v) is 6.79. The van der Waals surface area contributed by atoms with E-state index in [1.54, 1.807) is 4.90 Å². The zero-order valence-electron chi connectivity index (χ0n) is 12.5. The first-order chi connectivity index (χ1) is 8.97. The van der Waals surface area contributed by atoms with Crippen molar-refractivity contribution in [2.45, 2.75) is 26.3 Å². The fourth-order valence-corrected chi connectivity index (χ4v) is 2.21. The molecule has 1 aliphatic heterocycles. The molecular weight excluding hydrogens is 282 g/mol. The Morgan fingerprint density at radius 1 is 1.10 bits per heavy atom. The summed E-state index contributed by atoms with van der Waals surface area (Å²) in [5, 5.41) is 0. The molecule has 1 fully saturated rings. The van der Waals surface area contributed by atoms with Crippen molar-refractivity contribution in [3.8, 4) is 0 Å². The maximum Gasteiger partial charge on any atom is 0.241 e. The third-order valence-corrected chi connectivity index (χ3v) is 3.28. The van der Waals surface area contributed by atoms with Crippen LogP contribution in [0, 0.1) is 5.92 Å². The molecule has 1 heterocycles. The Morgan fingerprint density at radius 2 is 1.60 bits per heavy atom. The van der Waals surface area contributed by atoms with Crippen molar-refractivity contribution in [3.63, 3.8) is 0 Å². The van der Waals surface area contributed by atoms with Crippen molar-refractivity contribution >= 4 is 24.2 Å². The van der Waals surface area contributed by atoms with Gasteiger partial charge in [0.2, 0.25) is 11.8 Å². The van der Waals surface area contributed by atoms with Crippen molar-refractivity contribution in [3.05, 3.63) is 0 Å². The third-order valence-electron chi connectivity index (χ3n) is 3.28. The van der Waals surface area contributed by atoms with Gasteiger partial charge in [0.1, 0.15) is 6.04 Å². The largest absolute Gasteiger partial charge is 0.383 e. The van der Waals surface area contributed by atoms with Crippen LogP contribution in [0.2, 0.25) is 0 Å². The zero-order valence-corrected chi connectivity index (χ0v) is 13.3. The number of nitrogens with zero attached hydrogens (tertiary/aromatic N) is 2. The number of ether oxygens (including phenoxy) is 1. The van der Waals surface area contributed by atoms with Crippen LogP contribution in [-0.4, -0.2) is 67.6 Å². The molecule has 0 aromatic carbocycles. The summed E-state index contributed by atoms with van der Waals surface area (Å²) in [6.45, 7) is 6.51. The lowest BCUT2D eigenvalue weighted by molar-refractivity contribution is -0.136. The van der Waals surface area contributed by atoms with E-state index in [-0.39, 0.29) is 36.7 Å². The standard InChI is InChI=1S/C13H25N3O3.ClH/c1-10(2)12(17)15-5-4-6-16(8-7-15)13(18)11(14)9-19-3;/h10-11H,4-9,14H2,1-3H3;1H. The van der Waals surface area contributed by atoms with Gasteiger partial charge in [0.05, 0.1) is 6.61 Å². The monoisotopic (exact) mass is 307 g/mol. The lowest BCUT2D eigenvalue weighted by atomic mass is 10.2. The van der Waals surface area contributed by atoms with Gasteiger partial charge in [0.15, 0.2) is 0 Å². The van der Waals surface area contributed by atoms with Crippen LogP contribution >= 0.6 is 12.4 Å². The molecule has 2 N–H and O–H groups in total. The summed E-state index contributed by atoms with van der Waals surface area (Å²) in [7, 11) is 1.53. The van der Waals surface area contributed by atoms with Crippen molar-refractivity contribution in [1.29, 1.82) is 0 Å². The van der Waals surface area contributed by atoms with Crippen molar-refractivity contribution in [1.82, 2.24) is 9.80 Å². The molecule has 0 bridgehead atoms. The molecule has 1 aliphatic rings. The van der Waals surface area contributed by atoms with Gasteiger partial charge in [-0.05, 0) is 6.42 Å². The summed E-state index contributed by atoms with van der Waals surface area (Å²) in [4.78, 5) is 27.6. The molecule has 2 amide bonds. The second-order valence-corrected chi connectivity index (χ2v) is 5.22. The minimum Gasteiger partial charge on any atom is -0.383 e. The highest BCUT2D eigenvalue weighted by atomic mass is 35.5. The highest BCUT2D eigenvalue weighted by Gasteiger charge is 2.25. The molecule has 20 heavy (non-hydrogen) atoms. The summed E-state index contributed by atoms with van der Waals surface area (Å²) >= 11 is 0. The van der Waals surface area contributed by atoms with E-state index in [1.807, 2.05) is 18.7 Å². The van der Waals surface area contributed by atoms with Crippen LogP contribution in [0.25, 0.3) is 0 Å². The zero-order chi connectivity index (χ0) is 14.4. The van der Waals surface area contributed by atoms with E-state index < -0.39 is 6.04 Å².